The van der Waals surface area contributed by atoms with Crippen molar-refractivity contribution in [3.63, 3.8) is 0 Å². The van der Waals surface area contributed by atoms with E-state index in [1.54, 1.807) is 67.3 Å². The van der Waals surface area contributed by atoms with Crippen molar-refractivity contribution in [2.75, 3.05) is 107 Å². The van der Waals surface area contributed by atoms with Crippen LogP contribution < -0.4 is 21.3 Å². The largest absolute Gasteiger partial charge is 0.480 e. The van der Waals surface area contributed by atoms with Gasteiger partial charge in [0, 0.05) is 215 Å². The second-order valence-corrected chi connectivity index (χ2v) is 38.1. The van der Waals surface area contributed by atoms with Crippen LogP contribution in [0.15, 0.2) is 171 Å². The predicted octanol–water partition coefficient (Wildman–Crippen LogP) is 12.0. The summed E-state index contributed by atoms with van der Waals surface area (Å²) in [6, 6.07) is 35.1. The Morgan fingerprint density at radius 1 is 0.392 bits per heavy atom. The number of carboxylic acid groups (broad SMARTS) is 1. The van der Waals surface area contributed by atoms with Gasteiger partial charge in [0.2, 0.25) is 29.7 Å². The normalized spacial score (nSPS) is 15.8. The Balaban J connectivity index is 0.000000151. The fraction of sp³-hybridized carbons (Fsp3) is 0.438. The average Bonchev–Trinajstić information content (AvgIpc) is 1.71. The van der Waals surface area contributed by atoms with E-state index in [2.05, 4.69) is 199 Å². The maximum absolute atomic E-state index is 13.2. The first kappa shape index (κ1) is 105. The van der Waals surface area contributed by atoms with Crippen LogP contribution in [-0.4, -0.2) is 270 Å². The van der Waals surface area contributed by atoms with Gasteiger partial charge in [-0.2, -0.15) is 35.8 Å². The molecule has 143 heavy (non-hydrogen) atoms. The molecule has 0 saturated carbocycles. The minimum absolute atomic E-state index is 0. The number of nitrogens with one attached hydrogen (secondary N) is 5. The molecule has 0 bridgehead atoms. The van der Waals surface area contributed by atoms with Gasteiger partial charge in [-0.15, -0.1) is 0 Å². The Kier molecular flexibility index (Phi) is 35.1. The summed E-state index contributed by atoms with van der Waals surface area (Å²) >= 11 is 0. The number of anilines is 4. The van der Waals surface area contributed by atoms with Gasteiger partial charge in [-0.3, -0.25) is 57.4 Å². The third-order valence-electron chi connectivity index (χ3n) is 25.3. The van der Waals surface area contributed by atoms with E-state index in [0.29, 0.717) is 126 Å². The van der Waals surface area contributed by atoms with Crippen molar-refractivity contribution in [1.29, 1.82) is 0 Å². The van der Waals surface area contributed by atoms with Crippen LogP contribution in [-0.2, 0) is 153 Å². The van der Waals surface area contributed by atoms with Crippen LogP contribution in [0.1, 0.15) is 155 Å². The molecule has 754 valence electrons. The van der Waals surface area contributed by atoms with Crippen molar-refractivity contribution in [3.8, 4) is 44.5 Å². The number of aromatic amines is 1. The van der Waals surface area contributed by atoms with E-state index >= 15 is 0 Å². The molecule has 6 N–H and O–H groups in total. The van der Waals surface area contributed by atoms with Crippen LogP contribution in [0, 0.1) is 0 Å². The van der Waals surface area contributed by atoms with E-state index in [1.165, 1.54) is 53.9 Å². The molecule has 9 aromatic heterocycles. The lowest BCUT2D eigenvalue weighted by Gasteiger charge is -2.26. The first-order chi connectivity index (χ1) is 67.4. The van der Waals surface area contributed by atoms with Crippen molar-refractivity contribution >= 4 is 53.9 Å². The molecule has 3 saturated heterocycles. The lowest BCUT2D eigenvalue weighted by Crippen LogP contribution is -2.38. The highest BCUT2D eigenvalue weighted by Gasteiger charge is 2.32. The van der Waals surface area contributed by atoms with Gasteiger partial charge in [0.15, 0.2) is 6.29 Å². The highest BCUT2D eigenvalue weighted by Crippen LogP contribution is 2.34. The summed E-state index contributed by atoms with van der Waals surface area (Å²) in [5.41, 5.74) is 21.0. The van der Waals surface area contributed by atoms with Gasteiger partial charge in [-0.25, -0.2) is 39.9 Å². The number of amides is 1. The van der Waals surface area contributed by atoms with Gasteiger partial charge in [0.05, 0.1) is 69.0 Å². The molecule has 0 unspecified atom stereocenters. The highest BCUT2D eigenvalue weighted by atomic mass is 16.6. The number of H-pyrrole nitrogens is 1. The Bertz CT molecular complexity index is 6310. The number of aliphatic carboxylic acids is 1. The minimum Gasteiger partial charge on any atom is -0.480 e. The molecule has 8 aliphatic rings. The number of morpholine rings is 3. The molecule has 38 heteroatoms. The molecular weight excluding hydrogens is 1820 g/mol. The van der Waals surface area contributed by atoms with E-state index in [9.17, 15) is 29.1 Å². The van der Waals surface area contributed by atoms with Crippen LogP contribution in [0.3, 0.4) is 0 Å². The van der Waals surface area contributed by atoms with Crippen LogP contribution in [0.25, 0.3) is 44.5 Å². The fourth-order valence-electron chi connectivity index (χ4n) is 18.7. The smallest absolute Gasteiger partial charge is 0.328 e. The van der Waals surface area contributed by atoms with Crippen molar-refractivity contribution in [2.24, 2.45) is 0 Å². The minimum atomic E-state index is -0.926. The SMILES string of the molecule is C.C.C.C.CC(C)(C)OC(=O)Cn1cc(-c2cnc(NC3Cc4ccccc4C3)nc2)c(C=O)n1.CC(C)(C)OC(=O)Cn1cc(-c2cnc(NC3Cc4ccccc4C3)nc2)c(CN2CCOCC2)n1.O=C(Cn1cc(-c2cnc(NC3Cc4ccccc4C3)nc2)c(CN2CCOCC2)n1)N1CCc2n[nH]nc2C1.O=C(O)Cn1cc(-c2cnc(NC3Cc4ccccc4C3)nc2)c(CN2CCOCC2)n1. The number of hydrogen-bond donors (Lipinski definition) is 6. The monoisotopic (exact) mass is 1950 g/mol. The summed E-state index contributed by atoms with van der Waals surface area (Å²) in [5, 5.41) is 52.3. The topological polar surface area (TPSA) is 429 Å². The van der Waals surface area contributed by atoms with E-state index in [0.717, 1.165) is 152 Å². The van der Waals surface area contributed by atoms with Gasteiger partial charge in [0.1, 0.15) is 48.8 Å². The number of ether oxygens (including phenoxy) is 5. The van der Waals surface area contributed by atoms with Crippen LogP contribution >= 0.6 is 0 Å². The summed E-state index contributed by atoms with van der Waals surface area (Å²) in [6.45, 7) is 23.3. The number of carboxylic acids is 1. The molecule has 1 amide bonds. The Morgan fingerprint density at radius 3 is 0.972 bits per heavy atom. The number of esters is 2. The molecule has 38 nitrogen and oxygen atoms in total. The highest BCUT2D eigenvalue weighted by molar-refractivity contribution is 5.85. The third-order valence-corrected chi connectivity index (χ3v) is 25.3. The summed E-state index contributed by atoms with van der Waals surface area (Å²) in [4.78, 5) is 105. The molecule has 4 aromatic carbocycles. The number of carbonyl (C=O) groups is 5. The zero-order chi connectivity index (χ0) is 95.9. The Labute approximate surface area is 834 Å². The van der Waals surface area contributed by atoms with E-state index in [4.69, 9.17) is 33.9 Å². The predicted molar refractivity (Wildman–Crippen MR) is 543 cm³/mol. The van der Waals surface area contributed by atoms with Crippen LogP contribution in [0.4, 0.5) is 23.8 Å². The number of fused-ring (bicyclic) bond motifs is 5. The number of carbonyl (C=O) groups excluding carboxylic acids is 4. The van der Waals surface area contributed by atoms with Gasteiger partial charge in [-0.1, -0.05) is 127 Å². The number of nitrogens with zero attached hydrogens (tertiary/aromatic N) is 22. The van der Waals surface area contributed by atoms with Crippen LogP contribution in [0.5, 0.6) is 0 Å². The van der Waals surface area contributed by atoms with Gasteiger partial charge in [-0.05, 0) is 137 Å². The van der Waals surface area contributed by atoms with Crippen LogP contribution in [0.2, 0.25) is 0 Å². The maximum atomic E-state index is 13.2. The fourth-order valence-corrected chi connectivity index (χ4v) is 18.7. The summed E-state index contributed by atoms with van der Waals surface area (Å²) in [6.07, 6.45) is 30.5. The maximum Gasteiger partial charge on any atom is 0.328 e. The van der Waals surface area contributed by atoms with Gasteiger partial charge >= 0.3 is 17.9 Å². The number of aromatic nitrogens is 19. The number of rotatable bonds is 27. The molecule has 21 rings (SSSR count). The van der Waals surface area contributed by atoms with Gasteiger partial charge < -0.3 is 55.0 Å². The molecule has 13 aromatic rings. The van der Waals surface area contributed by atoms with E-state index in [1.807, 2.05) is 62.9 Å². The molecule has 0 radical (unpaired) electrons. The van der Waals surface area contributed by atoms with Crippen molar-refractivity contribution in [3.05, 3.63) is 250 Å². The van der Waals surface area contributed by atoms with E-state index in [-0.39, 0.29) is 91.6 Å². The third kappa shape index (κ3) is 27.9. The quantitative estimate of drug-likeness (QED) is 0.0206. The summed E-state index contributed by atoms with van der Waals surface area (Å²) < 4.78 is 33.5. The lowest BCUT2D eigenvalue weighted by molar-refractivity contribution is -0.156. The number of hydrogen-bond acceptors (Lipinski definition) is 31. The van der Waals surface area contributed by atoms with Crippen molar-refractivity contribution < 1.29 is 52.8 Å². The molecule has 0 spiro atoms. The zero-order valence-corrected chi connectivity index (χ0v) is 79.1. The second-order valence-electron chi connectivity index (χ2n) is 38.1. The van der Waals surface area contributed by atoms with Crippen molar-refractivity contribution in [1.82, 2.24) is 114 Å². The zero-order valence-electron chi connectivity index (χ0n) is 79.1. The van der Waals surface area contributed by atoms with Crippen molar-refractivity contribution in [2.45, 2.75) is 217 Å². The Hall–Kier alpha value is -14.3. The molecule has 3 fully saturated rings. The standard InChI is InChI=1S/C28H32N10O2.C27H34N6O3.C23H26N6O3.C23H25N5O3.4CH4/c39-27(37-6-5-24-26(17-37)33-35-32-24)18-38-15-23(25(34-38)16-36-7-9-40-10-8-36)21-13-29-28(30-14-21)31-22-11-19-3-1-2-4-20(19)12-22;1-27(2,3)36-25(34)18-33-16-23(24(31-33)17-32-8-10-35-11-9-32)21-14-28-26(29-15-21)30-22-12-19-6-4-5-7-20(19)13-22;30-22(31)15-29-13-20(21(27-29)14-28-5-7-32-8-6-28)18-11-24-23(25-12-18)26-19-9-16-3-1-2-4-17(16)10-19;1-23(2,3)31-21(30)13-28-12-19(20(14-29)27-28)17-10-24-22(25-11-17)26-18-8-15-6-4-5-7-16(15)9-18;;;;/h1-4,13-15,22H,5-12,16-18H2,(H,29,30,31)(H,32,33,35);4-7,14-16,22H,8-13,17-18H2,1-3H3,(H,28,29,30);1-4,11-13,19H,5-10,14-15H2,(H,30,31)(H,24,25,26);4-7,10-12,14,18H,8-9,13H2,1-3H3,(H,24,25,26);4*1H4. The first-order valence-corrected chi connectivity index (χ1v) is 47.5. The first-order valence-electron chi connectivity index (χ1n) is 47.5. The summed E-state index contributed by atoms with van der Waals surface area (Å²) in [5.74, 6) is 0.715. The van der Waals surface area contributed by atoms with Gasteiger partial charge in [0.25, 0.3) is 0 Å². The van der Waals surface area contributed by atoms with E-state index < -0.39 is 23.1 Å². The lowest BCUT2D eigenvalue weighted by atomic mass is 10.1. The summed E-state index contributed by atoms with van der Waals surface area (Å²) in [7, 11) is 0. The second kappa shape index (κ2) is 48.0. The average molecular weight is 1950 g/mol. The molecule has 13 heterocycles. The molecule has 0 atom stereocenters. The Morgan fingerprint density at radius 2 is 0.671 bits per heavy atom. The molecule has 4 aliphatic carbocycles. The number of aldehydes is 1. The molecular formula is C105H133N27O11. The molecule has 4 aliphatic heterocycles. The number of benzene rings is 4.